The number of carbonyl (C=O) groups is 4. The number of rotatable bonds is 10. The molecule has 45 heavy (non-hydrogen) atoms. The number of allylic oxidation sites excluding steroid dienone is 1. The number of carboxylic acids is 2. The van der Waals surface area contributed by atoms with Crippen LogP contribution in [0.4, 0.5) is 5.13 Å². The molecule has 0 unspecified atom stereocenters. The van der Waals surface area contributed by atoms with Crippen LogP contribution >= 0.6 is 46.3 Å². The van der Waals surface area contributed by atoms with Crippen LogP contribution in [0.1, 0.15) is 11.5 Å². The SMILES string of the molecule is Nc1nc(/C(=N/OCC(=O)O)C(=O)N[C@@H]2C(=O)N3C(C(=O)O)=C(/C=C/c4cc(-c5cc(Cl)c(O)c(O)c5Cl)no4)CS[C@H]23)cs1. The molecule has 0 bridgehead atoms. The summed E-state index contributed by atoms with van der Waals surface area (Å²) in [6.45, 7) is -0.841. The molecule has 234 valence electrons. The Labute approximate surface area is 269 Å². The molecule has 0 radical (unpaired) electrons. The van der Waals surface area contributed by atoms with E-state index in [0.29, 0.717) is 0 Å². The third kappa shape index (κ3) is 6.25. The number of phenolic OH excluding ortho intramolecular Hbond substituents is 2. The second-order valence-corrected chi connectivity index (χ2v) is 11.9. The Balaban J connectivity index is 1.34. The topological polar surface area (TPSA) is 251 Å². The number of β-lactam (4-membered cyclic amide) rings is 1. The van der Waals surface area contributed by atoms with E-state index in [4.69, 9.17) is 43.4 Å². The zero-order chi connectivity index (χ0) is 32.6. The number of amides is 2. The smallest absolute Gasteiger partial charge is 0.352 e. The van der Waals surface area contributed by atoms with Crippen LogP contribution in [-0.2, 0) is 24.0 Å². The Bertz CT molecular complexity index is 1840. The predicted octanol–water partition coefficient (Wildman–Crippen LogP) is 2.36. The van der Waals surface area contributed by atoms with Crippen molar-refractivity contribution in [3.8, 4) is 22.8 Å². The van der Waals surface area contributed by atoms with Crippen molar-refractivity contribution in [2.75, 3.05) is 18.1 Å². The molecule has 2 amide bonds. The number of hydrogen-bond donors (Lipinski definition) is 6. The zero-order valence-electron chi connectivity index (χ0n) is 22.1. The molecule has 0 saturated carbocycles. The van der Waals surface area contributed by atoms with Gasteiger partial charge in [0.1, 0.15) is 28.5 Å². The molecule has 5 rings (SSSR count). The van der Waals surface area contributed by atoms with Crippen LogP contribution in [0.25, 0.3) is 17.3 Å². The van der Waals surface area contributed by atoms with Gasteiger partial charge < -0.3 is 40.8 Å². The average Bonchev–Trinajstić information content (AvgIpc) is 3.65. The van der Waals surface area contributed by atoms with E-state index < -0.39 is 59.0 Å². The standard InChI is InChI=1S/C25H18Cl2N6O10S2/c26-11-4-10(15(27)20(37)19(11)36)12-3-9(43-31-12)2-1-8-6-44-23-17(22(39)33(23)18(8)24(40)41)30-21(38)16(32-42-5-14(34)35)13-7-45-25(28)29-13/h1-4,7,17,23,36-37H,5-6H2,(H2,28,29)(H,30,38)(H,34,35)(H,40,41)/b2-1+,32-16-/t17-,23-/m1/s1. The lowest BCUT2D eigenvalue weighted by Gasteiger charge is -2.49. The summed E-state index contributed by atoms with van der Waals surface area (Å²) in [5.74, 6) is -5.31. The van der Waals surface area contributed by atoms with Crippen molar-refractivity contribution < 1.29 is 49.0 Å². The average molecular weight is 697 g/mol. The van der Waals surface area contributed by atoms with Crippen LogP contribution < -0.4 is 11.1 Å². The minimum atomic E-state index is -1.39. The lowest BCUT2D eigenvalue weighted by Crippen LogP contribution is -2.71. The normalized spacial score (nSPS) is 18.1. The summed E-state index contributed by atoms with van der Waals surface area (Å²) >= 11 is 14.2. The van der Waals surface area contributed by atoms with Crippen molar-refractivity contribution in [2.45, 2.75) is 11.4 Å². The number of aromatic nitrogens is 2. The van der Waals surface area contributed by atoms with Gasteiger partial charge >= 0.3 is 11.9 Å². The fraction of sp³-hybridized carbons (Fsp3) is 0.160. The molecule has 3 aromatic rings. The second-order valence-electron chi connectivity index (χ2n) is 9.08. The number of thiazole rings is 1. The first-order chi connectivity index (χ1) is 21.4. The molecule has 20 heteroatoms. The largest absolute Gasteiger partial charge is 0.503 e. The third-order valence-corrected chi connectivity index (χ3v) is 8.88. The van der Waals surface area contributed by atoms with Gasteiger partial charge in [0.25, 0.3) is 11.8 Å². The number of benzene rings is 1. The van der Waals surface area contributed by atoms with Crippen molar-refractivity contribution in [2.24, 2.45) is 5.16 Å². The number of anilines is 1. The summed E-state index contributed by atoms with van der Waals surface area (Å²) in [5.41, 5.74) is 5.47. The van der Waals surface area contributed by atoms with Crippen molar-refractivity contribution >= 4 is 87.0 Å². The van der Waals surface area contributed by atoms with Crippen LogP contribution in [0.2, 0.25) is 10.0 Å². The molecule has 2 aliphatic heterocycles. The number of nitrogens with one attached hydrogen (secondary N) is 1. The Morgan fingerprint density at radius 1 is 1.22 bits per heavy atom. The number of carbonyl (C=O) groups excluding carboxylic acids is 2. The monoisotopic (exact) mass is 696 g/mol. The molecule has 2 atom stereocenters. The van der Waals surface area contributed by atoms with E-state index >= 15 is 0 Å². The van der Waals surface area contributed by atoms with Crippen molar-refractivity contribution in [1.82, 2.24) is 20.4 Å². The molecular formula is C25H18Cl2N6O10S2. The number of aromatic hydroxyl groups is 2. The van der Waals surface area contributed by atoms with E-state index in [1.165, 1.54) is 41.4 Å². The van der Waals surface area contributed by atoms with E-state index in [2.05, 4.69) is 20.6 Å². The van der Waals surface area contributed by atoms with E-state index in [9.17, 15) is 34.5 Å². The van der Waals surface area contributed by atoms with Crippen LogP contribution in [-0.4, -0.2) is 88.7 Å². The van der Waals surface area contributed by atoms with Gasteiger partial charge in [-0.05, 0) is 17.7 Å². The lowest BCUT2D eigenvalue weighted by atomic mass is 10.0. The Morgan fingerprint density at radius 2 is 1.98 bits per heavy atom. The Hall–Kier alpha value is -4.78. The molecular weight excluding hydrogens is 679 g/mol. The first-order valence-corrected chi connectivity index (χ1v) is 15.0. The van der Waals surface area contributed by atoms with Gasteiger partial charge in [-0.1, -0.05) is 39.6 Å². The molecule has 1 aromatic carbocycles. The third-order valence-electron chi connectivity index (χ3n) is 6.23. The van der Waals surface area contributed by atoms with Crippen LogP contribution in [0, 0.1) is 0 Å². The van der Waals surface area contributed by atoms with Gasteiger partial charge in [0, 0.05) is 22.8 Å². The number of aliphatic carboxylic acids is 2. The number of fused-ring (bicyclic) bond motifs is 1. The molecule has 2 aliphatic rings. The molecule has 0 aliphatic carbocycles. The van der Waals surface area contributed by atoms with Crippen LogP contribution in [0.5, 0.6) is 11.5 Å². The summed E-state index contributed by atoms with van der Waals surface area (Å²) in [6.07, 6.45) is 2.84. The van der Waals surface area contributed by atoms with Gasteiger partial charge in [0.05, 0.1) is 10.0 Å². The van der Waals surface area contributed by atoms with Gasteiger partial charge in [-0.2, -0.15) is 0 Å². The summed E-state index contributed by atoms with van der Waals surface area (Å²) in [4.78, 5) is 58.9. The number of nitrogens with two attached hydrogens (primary N) is 1. The van der Waals surface area contributed by atoms with Crippen molar-refractivity contribution in [3.63, 3.8) is 0 Å². The van der Waals surface area contributed by atoms with Gasteiger partial charge in [-0.3, -0.25) is 14.5 Å². The maximum Gasteiger partial charge on any atom is 0.352 e. The first kappa shape index (κ1) is 31.6. The number of hydrogen-bond acceptors (Lipinski definition) is 14. The predicted molar refractivity (Wildman–Crippen MR) is 161 cm³/mol. The fourth-order valence-corrected chi connectivity index (χ4v) is 6.51. The Kier molecular flexibility index (Phi) is 8.91. The Morgan fingerprint density at radius 3 is 2.64 bits per heavy atom. The van der Waals surface area contributed by atoms with E-state index in [-0.39, 0.29) is 54.9 Å². The minimum absolute atomic E-state index is 0.0120. The van der Waals surface area contributed by atoms with E-state index in [1.54, 1.807) is 0 Å². The first-order valence-electron chi connectivity index (χ1n) is 12.3. The number of nitrogens with zero attached hydrogens (tertiary/aromatic N) is 4. The molecule has 1 saturated heterocycles. The zero-order valence-corrected chi connectivity index (χ0v) is 25.3. The number of oxime groups is 1. The minimum Gasteiger partial charge on any atom is -0.503 e. The number of phenols is 2. The molecule has 0 spiro atoms. The number of carboxylic acid groups (broad SMARTS) is 2. The quantitative estimate of drug-likeness (QED) is 0.0770. The van der Waals surface area contributed by atoms with Gasteiger partial charge in [-0.25, -0.2) is 14.6 Å². The van der Waals surface area contributed by atoms with E-state index in [0.717, 1.165) is 16.2 Å². The number of halogens is 2. The summed E-state index contributed by atoms with van der Waals surface area (Å²) < 4.78 is 5.26. The summed E-state index contributed by atoms with van der Waals surface area (Å²) in [6, 6.07) is 1.57. The van der Waals surface area contributed by atoms with Crippen LogP contribution in [0.3, 0.4) is 0 Å². The highest BCUT2D eigenvalue weighted by Gasteiger charge is 2.54. The summed E-state index contributed by atoms with van der Waals surface area (Å²) in [7, 11) is 0. The molecule has 16 nitrogen and oxygen atoms in total. The lowest BCUT2D eigenvalue weighted by molar-refractivity contribution is -0.150. The molecule has 7 N–H and O–H groups in total. The van der Waals surface area contributed by atoms with Crippen molar-refractivity contribution in [3.05, 3.63) is 56.4 Å². The van der Waals surface area contributed by atoms with Gasteiger partial charge in [0.2, 0.25) is 6.61 Å². The fourth-order valence-electron chi connectivity index (χ4n) is 4.20. The maximum atomic E-state index is 13.1. The highest BCUT2D eigenvalue weighted by Crippen LogP contribution is 2.45. The molecule has 4 heterocycles. The number of nitrogen functional groups attached to an aromatic ring is 1. The van der Waals surface area contributed by atoms with E-state index in [1.807, 2.05) is 0 Å². The molecule has 1 fully saturated rings. The number of thioether (sulfide) groups is 1. The highest BCUT2D eigenvalue weighted by molar-refractivity contribution is 8.00. The molecule has 2 aromatic heterocycles. The van der Waals surface area contributed by atoms with Gasteiger partial charge in [-0.15, -0.1) is 23.1 Å². The second kappa shape index (κ2) is 12.7. The summed E-state index contributed by atoms with van der Waals surface area (Å²) in [5, 5.41) is 48.7. The highest BCUT2D eigenvalue weighted by atomic mass is 35.5. The maximum absolute atomic E-state index is 13.1. The van der Waals surface area contributed by atoms with Crippen LogP contribution in [0.15, 0.2) is 44.5 Å². The van der Waals surface area contributed by atoms with Gasteiger partial charge in [0.15, 0.2) is 28.1 Å². The van der Waals surface area contributed by atoms with Crippen molar-refractivity contribution in [1.29, 1.82) is 0 Å².